The van der Waals surface area contributed by atoms with Crippen LogP contribution in [0.5, 0.6) is 0 Å². The van der Waals surface area contributed by atoms with E-state index in [9.17, 15) is 4.79 Å². The summed E-state index contributed by atoms with van der Waals surface area (Å²) in [5, 5.41) is 3.40. The van der Waals surface area contributed by atoms with Crippen LogP contribution in [0, 0.1) is 0 Å². The molecule has 0 spiro atoms. The van der Waals surface area contributed by atoms with Crippen LogP contribution in [0.25, 0.3) is 0 Å². The minimum absolute atomic E-state index is 0.192. The van der Waals surface area contributed by atoms with Crippen molar-refractivity contribution in [2.45, 2.75) is 26.3 Å². The third-order valence-electron chi connectivity index (χ3n) is 2.58. The Labute approximate surface area is 104 Å². The number of anilines is 1. The molecule has 0 bridgehead atoms. The maximum Gasteiger partial charge on any atom is 0.162 e. The van der Waals surface area contributed by atoms with Crippen molar-refractivity contribution in [3.8, 4) is 0 Å². The predicted octanol–water partition coefficient (Wildman–Crippen LogP) is 2.64. The van der Waals surface area contributed by atoms with Gasteiger partial charge in [-0.2, -0.15) is 0 Å². The third-order valence-corrected chi connectivity index (χ3v) is 2.58. The van der Waals surface area contributed by atoms with E-state index in [1.165, 1.54) is 0 Å². The van der Waals surface area contributed by atoms with Gasteiger partial charge < -0.3 is 10.2 Å². The number of benzene rings is 1. The second-order valence-electron chi connectivity index (χ2n) is 4.66. The first-order valence-corrected chi connectivity index (χ1v) is 6.07. The van der Waals surface area contributed by atoms with Gasteiger partial charge in [0.2, 0.25) is 0 Å². The number of Topliss-reactive ketones (excluding diaryl/α,β-unsaturated/α-hetero) is 1. The Morgan fingerprint density at radius 2 is 1.88 bits per heavy atom. The number of hydrogen-bond acceptors (Lipinski definition) is 3. The van der Waals surface area contributed by atoms with Crippen molar-refractivity contribution in [3.05, 3.63) is 29.8 Å². The van der Waals surface area contributed by atoms with E-state index in [0.717, 1.165) is 17.8 Å². The highest BCUT2D eigenvalue weighted by Crippen LogP contribution is 2.12. The molecule has 0 aliphatic heterocycles. The van der Waals surface area contributed by atoms with E-state index in [4.69, 9.17) is 0 Å². The van der Waals surface area contributed by atoms with Crippen LogP contribution in [0.4, 0.5) is 5.69 Å². The van der Waals surface area contributed by atoms with Gasteiger partial charge in [-0.1, -0.05) is 6.92 Å². The Morgan fingerprint density at radius 3 is 2.35 bits per heavy atom. The number of hydrogen-bond donors (Lipinski definition) is 1. The fraction of sp³-hybridized carbons (Fsp3) is 0.500. The third kappa shape index (κ3) is 4.57. The minimum Gasteiger partial charge on any atom is -0.381 e. The van der Waals surface area contributed by atoms with Crippen LogP contribution in [-0.2, 0) is 0 Å². The topological polar surface area (TPSA) is 32.3 Å². The summed E-state index contributed by atoms with van der Waals surface area (Å²) in [4.78, 5) is 13.6. The Morgan fingerprint density at radius 1 is 1.29 bits per heavy atom. The summed E-state index contributed by atoms with van der Waals surface area (Å²) in [5.74, 6) is 0.192. The lowest BCUT2D eigenvalue weighted by Crippen LogP contribution is -2.29. The van der Waals surface area contributed by atoms with Gasteiger partial charge >= 0.3 is 0 Å². The van der Waals surface area contributed by atoms with Gasteiger partial charge in [0.1, 0.15) is 0 Å². The van der Waals surface area contributed by atoms with Gasteiger partial charge in [-0.25, -0.2) is 0 Å². The molecule has 0 aliphatic rings. The Kier molecular flexibility index (Phi) is 5.16. The summed E-state index contributed by atoms with van der Waals surface area (Å²) in [6, 6.07) is 8.09. The van der Waals surface area contributed by atoms with Crippen LogP contribution in [-0.4, -0.2) is 37.4 Å². The quantitative estimate of drug-likeness (QED) is 0.768. The first-order chi connectivity index (χ1) is 8.02. The second kappa shape index (κ2) is 6.40. The lowest BCUT2D eigenvalue weighted by molar-refractivity contribution is 0.0988. The lowest BCUT2D eigenvalue weighted by atomic mass is 10.1. The van der Waals surface area contributed by atoms with E-state index < -0.39 is 0 Å². The van der Waals surface area contributed by atoms with Gasteiger partial charge in [0, 0.05) is 30.3 Å². The molecule has 3 nitrogen and oxygen atoms in total. The summed E-state index contributed by atoms with van der Waals surface area (Å²) in [7, 11) is 4.11. The number of ketones is 1. The molecule has 0 aromatic heterocycles. The zero-order chi connectivity index (χ0) is 12.8. The first-order valence-electron chi connectivity index (χ1n) is 6.07. The average Bonchev–Trinajstić information content (AvgIpc) is 2.28. The highest BCUT2D eigenvalue weighted by Gasteiger charge is 2.05. The van der Waals surface area contributed by atoms with Crippen molar-refractivity contribution in [2.75, 3.05) is 26.0 Å². The molecule has 0 amide bonds. The molecule has 1 unspecified atom stereocenters. The molecule has 0 saturated carbocycles. The van der Waals surface area contributed by atoms with Gasteiger partial charge in [-0.05, 0) is 45.3 Å². The monoisotopic (exact) mass is 234 g/mol. The number of rotatable bonds is 6. The van der Waals surface area contributed by atoms with E-state index in [1.807, 2.05) is 31.2 Å². The van der Waals surface area contributed by atoms with Crippen LogP contribution in [0.3, 0.4) is 0 Å². The fourth-order valence-electron chi connectivity index (χ4n) is 1.83. The standard InChI is InChI=1S/C14H22N2O/c1-5-14(17)12-6-8-13(9-7-12)15-11(2)10-16(3)4/h6-9,11,15H,5,10H2,1-4H3. The summed E-state index contributed by atoms with van der Waals surface area (Å²) in [6.45, 7) is 5.01. The van der Waals surface area contributed by atoms with E-state index in [-0.39, 0.29) is 5.78 Å². The number of nitrogens with one attached hydrogen (secondary N) is 1. The summed E-state index contributed by atoms with van der Waals surface area (Å²) >= 11 is 0. The largest absolute Gasteiger partial charge is 0.381 e. The van der Waals surface area contributed by atoms with E-state index >= 15 is 0 Å². The summed E-state index contributed by atoms with van der Waals surface area (Å²) < 4.78 is 0. The number of nitrogens with zero attached hydrogens (tertiary/aromatic N) is 1. The van der Waals surface area contributed by atoms with Crippen molar-refractivity contribution < 1.29 is 4.79 Å². The molecule has 94 valence electrons. The van der Waals surface area contributed by atoms with Crippen molar-refractivity contribution in [3.63, 3.8) is 0 Å². The number of carbonyl (C=O) groups is 1. The molecule has 1 atom stereocenters. The van der Waals surface area contributed by atoms with Crippen LogP contribution < -0.4 is 5.32 Å². The maximum atomic E-state index is 11.5. The molecular weight excluding hydrogens is 212 g/mol. The Balaban J connectivity index is 2.59. The van der Waals surface area contributed by atoms with Gasteiger partial charge in [-0.3, -0.25) is 4.79 Å². The minimum atomic E-state index is 0.192. The molecule has 1 aromatic carbocycles. The van der Waals surface area contributed by atoms with Crippen molar-refractivity contribution in [2.24, 2.45) is 0 Å². The van der Waals surface area contributed by atoms with E-state index in [0.29, 0.717) is 12.5 Å². The molecule has 1 rings (SSSR count). The van der Waals surface area contributed by atoms with Crippen LogP contribution in [0.15, 0.2) is 24.3 Å². The smallest absolute Gasteiger partial charge is 0.162 e. The molecular formula is C14H22N2O. The molecule has 0 saturated heterocycles. The van der Waals surface area contributed by atoms with Gasteiger partial charge in [-0.15, -0.1) is 0 Å². The molecule has 1 N–H and O–H groups in total. The molecule has 0 radical (unpaired) electrons. The van der Waals surface area contributed by atoms with Crippen LogP contribution >= 0.6 is 0 Å². The molecule has 0 fully saturated rings. The second-order valence-corrected chi connectivity index (χ2v) is 4.66. The maximum absolute atomic E-state index is 11.5. The zero-order valence-electron chi connectivity index (χ0n) is 11.2. The molecule has 17 heavy (non-hydrogen) atoms. The first kappa shape index (κ1) is 13.7. The van der Waals surface area contributed by atoms with Crippen molar-refractivity contribution >= 4 is 11.5 Å². The van der Waals surface area contributed by atoms with E-state index in [2.05, 4.69) is 31.2 Å². The number of likely N-dealkylation sites (N-methyl/N-ethyl adjacent to an activating group) is 1. The highest BCUT2D eigenvalue weighted by molar-refractivity contribution is 5.96. The van der Waals surface area contributed by atoms with Crippen LogP contribution in [0.2, 0.25) is 0 Å². The van der Waals surface area contributed by atoms with Crippen molar-refractivity contribution in [1.82, 2.24) is 4.90 Å². The molecule has 0 heterocycles. The fourth-order valence-corrected chi connectivity index (χ4v) is 1.83. The SMILES string of the molecule is CCC(=O)c1ccc(NC(C)CN(C)C)cc1. The Hall–Kier alpha value is -1.35. The lowest BCUT2D eigenvalue weighted by Gasteiger charge is -2.19. The number of carbonyl (C=O) groups excluding carboxylic acids is 1. The normalized spacial score (nSPS) is 12.5. The Bertz CT molecular complexity index is 357. The molecule has 0 aliphatic carbocycles. The van der Waals surface area contributed by atoms with Gasteiger partial charge in [0.25, 0.3) is 0 Å². The van der Waals surface area contributed by atoms with Gasteiger partial charge in [0.05, 0.1) is 0 Å². The van der Waals surface area contributed by atoms with Crippen LogP contribution in [0.1, 0.15) is 30.6 Å². The van der Waals surface area contributed by atoms with Crippen molar-refractivity contribution in [1.29, 1.82) is 0 Å². The molecule has 1 aromatic rings. The highest BCUT2D eigenvalue weighted by atomic mass is 16.1. The van der Waals surface area contributed by atoms with E-state index in [1.54, 1.807) is 0 Å². The zero-order valence-corrected chi connectivity index (χ0v) is 11.2. The summed E-state index contributed by atoms with van der Waals surface area (Å²) in [6.07, 6.45) is 0.559. The molecule has 3 heteroatoms. The summed E-state index contributed by atoms with van der Waals surface area (Å²) in [5.41, 5.74) is 1.85. The van der Waals surface area contributed by atoms with Gasteiger partial charge in [0.15, 0.2) is 5.78 Å². The average molecular weight is 234 g/mol. The predicted molar refractivity (Wildman–Crippen MR) is 72.7 cm³/mol.